The summed E-state index contributed by atoms with van der Waals surface area (Å²) in [5.41, 5.74) is 8.01. The van der Waals surface area contributed by atoms with Crippen LogP contribution in [0, 0.1) is 0 Å². The number of carbonyl (C=O) groups excluding carboxylic acids is 2. The lowest BCUT2D eigenvalue weighted by molar-refractivity contribution is -0.111. The van der Waals surface area contributed by atoms with Crippen LogP contribution >= 0.6 is 0 Å². The smallest absolute Gasteiger partial charge is 0.297 e. The number of hydrogen-bond donors (Lipinski definition) is 2. The number of likely N-dealkylation sites (tertiary alicyclic amines) is 1. The molecule has 0 aliphatic carbocycles. The molecule has 4 rings (SSSR count). The van der Waals surface area contributed by atoms with Crippen molar-refractivity contribution in [1.82, 2.24) is 9.88 Å². The number of fused-ring (bicyclic) bond motifs is 1. The Morgan fingerprint density at radius 2 is 2.06 bits per heavy atom. The molecular formula is C26H26FN5O3. The summed E-state index contributed by atoms with van der Waals surface area (Å²) in [5.74, 6) is -0.562. The summed E-state index contributed by atoms with van der Waals surface area (Å²) in [5, 5.41) is 4.37. The predicted octanol–water partition coefficient (Wildman–Crippen LogP) is 3.87. The molecule has 1 fully saturated rings. The summed E-state index contributed by atoms with van der Waals surface area (Å²) < 4.78 is 19.8. The lowest BCUT2D eigenvalue weighted by atomic mass is 10.0. The largest absolute Gasteiger partial charge is 0.495 e. The van der Waals surface area contributed by atoms with Crippen LogP contribution in [0.1, 0.15) is 16.9 Å². The maximum atomic E-state index is 14.4. The van der Waals surface area contributed by atoms with Gasteiger partial charge in [0.05, 0.1) is 29.9 Å². The molecule has 180 valence electrons. The zero-order valence-corrected chi connectivity index (χ0v) is 19.5. The van der Waals surface area contributed by atoms with Crippen molar-refractivity contribution in [3.05, 3.63) is 60.8 Å². The lowest BCUT2D eigenvalue weighted by Crippen LogP contribution is -2.40. The van der Waals surface area contributed by atoms with E-state index >= 15 is 0 Å². The number of ether oxygens (including phenoxy) is 1. The maximum absolute atomic E-state index is 14.4. The van der Waals surface area contributed by atoms with Gasteiger partial charge in [0, 0.05) is 30.5 Å². The first-order chi connectivity index (χ1) is 16.8. The van der Waals surface area contributed by atoms with E-state index in [-0.39, 0.29) is 29.5 Å². The summed E-state index contributed by atoms with van der Waals surface area (Å²) in [4.78, 5) is 35.2. The Labute approximate surface area is 202 Å². The van der Waals surface area contributed by atoms with Gasteiger partial charge in [-0.3, -0.25) is 9.59 Å². The number of alkyl halides is 1. The molecule has 1 aliphatic rings. The number of nitrogens with zero attached hydrogens (tertiary/aromatic N) is 3. The van der Waals surface area contributed by atoms with Gasteiger partial charge in [0.15, 0.2) is 11.9 Å². The molecule has 0 radical (unpaired) electrons. The molecule has 9 heteroatoms. The standard InChI is InChI=1S/C26H26FN5O3/c1-4-23(33)31-24-17-13-16(6-5-15(17)7-10-22(24)35-3)20-9-8-19(28)25(29-20)26(34)30-21-11-12-32(2)14-18(21)27/h4-10,13,18H,1,11-12,14,28H2,2-3H3,(H,31,33)/t18-/m0/s1. The van der Waals surface area contributed by atoms with Crippen molar-refractivity contribution < 1.29 is 18.7 Å². The van der Waals surface area contributed by atoms with E-state index in [9.17, 15) is 14.0 Å². The number of nitrogen functional groups attached to an aromatic ring is 1. The van der Waals surface area contributed by atoms with Gasteiger partial charge in [-0.2, -0.15) is 0 Å². The summed E-state index contributed by atoms with van der Waals surface area (Å²) in [6.45, 7) is 4.32. The fourth-order valence-corrected chi connectivity index (χ4v) is 3.98. The zero-order chi connectivity index (χ0) is 25.1. The molecule has 1 saturated heterocycles. The van der Waals surface area contributed by atoms with Gasteiger partial charge in [0.25, 0.3) is 5.91 Å². The number of hydrogen-bond acceptors (Lipinski definition) is 6. The monoisotopic (exact) mass is 475 g/mol. The number of carbonyl (C=O) groups is 2. The topological polar surface area (TPSA) is 110 Å². The van der Waals surface area contributed by atoms with Crippen molar-refractivity contribution in [2.75, 3.05) is 38.3 Å². The molecule has 2 heterocycles. The number of aliphatic imine (C=N–C) groups is 1. The third kappa shape index (κ3) is 5.04. The summed E-state index contributed by atoms with van der Waals surface area (Å²) in [7, 11) is 3.34. The van der Waals surface area contributed by atoms with Gasteiger partial charge in [-0.15, -0.1) is 0 Å². The highest BCUT2D eigenvalue weighted by Gasteiger charge is 2.25. The van der Waals surface area contributed by atoms with Crippen molar-refractivity contribution in [1.29, 1.82) is 0 Å². The number of pyridine rings is 1. The number of nitrogens with two attached hydrogens (primary N) is 1. The Morgan fingerprint density at radius 3 is 2.77 bits per heavy atom. The molecule has 2 aromatic carbocycles. The summed E-state index contributed by atoms with van der Waals surface area (Å²) >= 11 is 0. The Morgan fingerprint density at radius 1 is 1.29 bits per heavy atom. The number of nitrogens with one attached hydrogen (secondary N) is 1. The molecular weight excluding hydrogens is 449 g/mol. The Bertz CT molecular complexity index is 1350. The third-order valence-corrected chi connectivity index (χ3v) is 5.89. The van der Waals surface area contributed by atoms with Gasteiger partial charge >= 0.3 is 0 Å². The zero-order valence-electron chi connectivity index (χ0n) is 19.5. The summed E-state index contributed by atoms with van der Waals surface area (Å²) in [6.07, 6.45) is 0.242. The highest BCUT2D eigenvalue weighted by molar-refractivity contribution is 6.09. The number of halogens is 1. The molecule has 3 aromatic rings. The number of rotatable bonds is 5. The van der Waals surface area contributed by atoms with E-state index in [4.69, 9.17) is 10.5 Å². The fourth-order valence-electron chi connectivity index (χ4n) is 3.98. The second-order valence-electron chi connectivity index (χ2n) is 8.29. The fraction of sp³-hybridized carbons (Fsp3) is 0.231. The molecule has 1 atom stereocenters. The Kier molecular flexibility index (Phi) is 6.88. The molecule has 0 saturated carbocycles. The first-order valence-electron chi connectivity index (χ1n) is 11.1. The van der Waals surface area contributed by atoms with Crippen molar-refractivity contribution in [2.24, 2.45) is 4.99 Å². The van der Waals surface area contributed by atoms with Crippen molar-refractivity contribution in [2.45, 2.75) is 12.6 Å². The van der Waals surface area contributed by atoms with Crippen molar-refractivity contribution in [3.8, 4) is 17.0 Å². The average molecular weight is 476 g/mol. The van der Waals surface area contributed by atoms with Gasteiger partial charge < -0.3 is 20.7 Å². The van der Waals surface area contributed by atoms with Crippen LogP contribution in [-0.2, 0) is 4.79 Å². The van der Waals surface area contributed by atoms with E-state index in [1.54, 1.807) is 18.2 Å². The van der Waals surface area contributed by atoms with Crippen LogP contribution in [0.15, 0.2) is 60.1 Å². The molecule has 35 heavy (non-hydrogen) atoms. The van der Waals surface area contributed by atoms with E-state index in [1.807, 2.05) is 36.2 Å². The lowest BCUT2D eigenvalue weighted by Gasteiger charge is -2.26. The van der Waals surface area contributed by atoms with Gasteiger partial charge in [-0.05, 0) is 42.8 Å². The summed E-state index contributed by atoms with van der Waals surface area (Å²) in [6, 6.07) is 12.5. The Balaban J connectivity index is 1.74. The molecule has 0 spiro atoms. The first kappa shape index (κ1) is 24.0. The number of benzene rings is 2. The van der Waals surface area contributed by atoms with Crippen LogP contribution in [0.2, 0.25) is 0 Å². The highest BCUT2D eigenvalue weighted by Crippen LogP contribution is 2.36. The predicted molar refractivity (Wildman–Crippen MR) is 136 cm³/mol. The second kappa shape index (κ2) is 10.0. The molecule has 8 nitrogen and oxygen atoms in total. The Hall–Kier alpha value is -4.11. The van der Waals surface area contributed by atoms with Crippen LogP contribution < -0.4 is 15.8 Å². The number of anilines is 2. The van der Waals surface area contributed by atoms with Crippen molar-refractivity contribution >= 4 is 39.7 Å². The molecule has 1 aliphatic heterocycles. The average Bonchev–Trinajstić information content (AvgIpc) is 2.85. The highest BCUT2D eigenvalue weighted by atomic mass is 19.1. The van der Waals surface area contributed by atoms with E-state index in [2.05, 4.69) is 21.9 Å². The first-order valence-corrected chi connectivity index (χ1v) is 11.1. The van der Waals surface area contributed by atoms with Gasteiger partial charge in [0.1, 0.15) is 5.75 Å². The van der Waals surface area contributed by atoms with Crippen molar-refractivity contribution in [3.63, 3.8) is 0 Å². The molecule has 3 N–H and O–H groups in total. The minimum atomic E-state index is -1.30. The minimum absolute atomic E-state index is 0.0351. The van der Waals surface area contributed by atoms with E-state index in [1.165, 1.54) is 13.2 Å². The number of aromatic nitrogens is 1. The number of piperidine rings is 1. The van der Waals surface area contributed by atoms with Crippen LogP contribution in [0.5, 0.6) is 5.75 Å². The second-order valence-corrected chi connectivity index (χ2v) is 8.29. The molecule has 0 unspecified atom stereocenters. The van der Waals surface area contributed by atoms with Gasteiger partial charge in [-0.25, -0.2) is 14.4 Å². The number of amides is 2. The van der Waals surface area contributed by atoms with Gasteiger partial charge in [0.2, 0.25) is 5.91 Å². The van der Waals surface area contributed by atoms with E-state index in [0.717, 1.165) is 10.8 Å². The quantitative estimate of drug-likeness (QED) is 0.542. The molecule has 2 amide bonds. The van der Waals surface area contributed by atoms with Crippen LogP contribution in [0.4, 0.5) is 15.8 Å². The van der Waals surface area contributed by atoms with E-state index < -0.39 is 12.1 Å². The van der Waals surface area contributed by atoms with Crippen LogP contribution in [0.3, 0.4) is 0 Å². The molecule has 1 aromatic heterocycles. The SMILES string of the molecule is C=CC(=O)Nc1c(OC)ccc2ccc(-c3ccc(N)c(C(=O)N=C4CCN(C)C[C@@H]4F)n3)cc12. The molecule has 0 bridgehead atoms. The van der Waals surface area contributed by atoms with E-state index in [0.29, 0.717) is 35.7 Å². The van der Waals surface area contributed by atoms with Crippen LogP contribution in [-0.4, -0.2) is 60.8 Å². The number of methoxy groups -OCH3 is 1. The maximum Gasteiger partial charge on any atom is 0.297 e. The van der Waals surface area contributed by atoms with Gasteiger partial charge in [-0.1, -0.05) is 24.8 Å². The third-order valence-electron chi connectivity index (χ3n) is 5.89. The van der Waals surface area contributed by atoms with Crippen LogP contribution in [0.25, 0.3) is 22.0 Å². The normalized spacial score (nSPS) is 17.3. The minimum Gasteiger partial charge on any atom is -0.495 e.